The average Bonchev–Trinajstić information content (AvgIpc) is 3.23. The molecule has 1 aromatic carbocycles. The zero-order valence-electron chi connectivity index (χ0n) is 20.0. The maximum Gasteiger partial charge on any atom is 0.433 e. The number of carbonyl (C=O) groups excluding carboxylic acids is 2. The molecule has 1 amide bonds. The predicted molar refractivity (Wildman–Crippen MR) is 125 cm³/mol. The highest BCUT2D eigenvalue weighted by Gasteiger charge is 2.33. The fraction of sp³-hybridized carbons (Fsp3) is 0.440. The summed E-state index contributed by atoms with van der Waals surface area (Å²) in [6.07, 6.45) is -3.14. The Morgan fingerprint density at radius 2 is 1.92 bits per heavy atom. The fourth-order valence-electron chi connectivity index (χ4n) is 3.82. The Morgan fingerprint density at radius 1 is 1.17 bits per heavy atom. The monoisotopic (exact) mass is 504 g/mol. The number of fused-ring (bicyclic) bond motifs is 1. The van der Waals surface area contributed by atoms with Crippen LogP contribution in [0.3, 0.4) is 0 Å². The van der Waals surface area contributed by atoms with Crippen molar-refractivity contribution >= 4 is 22.6 Å². The molecule has 0 N–H and O–H groups in total. The number of alkyl halides is 3. The van der Waals surface area contributed by atoms with Gasteiger partial charge < -0.3 is 14.4 Å². The van der Waals surface area contributed by atoms with Crippen LogP contribution in [-0.2, 0) is 28.7 Å². The molecule has 11 heteroatoms. The van der Waals surface area contributed by atoms with E-state index in [2.05, 4.69) is 10.1 Å². The second kappa shape index (κ2) is 10.7. The van der Waals surface area contributed by atoms with Crippen molar-refractivity contribution in [3.05, 3.63) is 53.5 Å². The molecule has 192 valence electrons. The number of pyridine rings is 1. The first-order valence-corrected chi connectivity index (χ1v) is 11.7. The Hall–Kier alpha value is -3.47. The molecule has 3 heterocycles. The number of aromatic nitrogens is 3. The van der Waals surface area contributed by atoms with E-state index < -0.39 is 17.7 Å². The molecule has 0 unspecified atom stereocenters. The van der Waals surface area contributed by atoms with E-state index in [1.165, 1.54) is 10.7 Å². The smallest absolute Gasteiger partial charge is 0.433 e. The quantitative estimate of drug-likeness (QED) is 0.434. The number of hydrogen-bond donors (Lipinski definition) is 0. The number of Topliss-reactive ketones (excluding diaryl/α,β-unsaturated/α-hetero) is 1. The number of halogens is 3. The van der Waals surface area contributed by atoms with Gasteiger partial charge >= 0.3 is 6.18 Å². The summed E-state index contributed by atoms with van der Waals surface area (Å²) in [5, 5.41) is 5.17. The molecule has 2 aromatic heterocycles. The molecule has 1 aliphatic rings. The van der Waals surface area contributed by atoms with E-state index in [0.717, 1.165) is 12.1 Å². The Labute approximate surface area is 206 Å². The van der Waals surface area contributed by atoms with Crippen LogP contribution in [0.25, 0.3) is 10.9 Å². The summed E-state index contributed by atoms with van der Waals surface area (Å²) in [6, 6.07) is 6.67. The molecule has 1 aliphatic heterocycles. The lowest BCUT2D eigenvalue weighted by Crippen LogP contribution is -2.42. The van der Waals surface area contributed by atoms with Gasteiger partial charge in [-0.05, 0) is 24.1 Å². The van der Waals surface area contributed by atoms with Crippen LogP contribution in [0.5, 0.6) is 5.75 Å². The average molecular weight is 505 g/mol. The highest BCUT2D eigenvalue weighted by molar-refractivity contribution is 5.97. The molecule has 0 radical (unpaired) electrons. The Bertz CT molecular complexity index is 1250. The van der Waals surface area contributed by atoms with Crippen LogP contribution in [-0.4, -0.2) is 64.3 Å². The van der Waals surface area contributed by atoms with E-state index in [0.29, 0.717) is 55.1 Å². The molecule has 0 saturated carbocycles. The van der Waals surface area contributed by atoms with Crippen LogP contribution in [0, 0.1) is 5.92 Å². The van der Waals surface area contributed by atoms with Gasteiger partial charge in [-0.15, -0.1) is 0 Å². The third-order valence-corrected chi connectivity index (χ3v) is 5.64. The summed E-state index contributed by atoms with van der Waals surface area (Å²) in [5.74, 6) is -0.0162. The summed E-state index contributed by atoms with van der Waals surface area (Å²) in [5.41, 5.74) is -0.304. The number of ether oxygens (including phenoxy) is 2. The van der Waals surface area contributed by atoms with Gasteiger partial charge in [0.05, 0.1) is 25.3 Å². The SMILES string of the molecule is CC(C)COc1cc2nn(CC(=O)N3CCOCC3)cc2cc1CC(=O)c1cccc(C(F)(F)F)n1. The summed E-state index contributed by atoms with van der Waals surface area (Å²) < 4.78 is 51.9. The van der Waals surface area contributed by atoms with Crippen LogP contribution in [0.1, 0.15) is 35.6 Å². The molecule has 36 heavy (non-hydrogen) atoms. The number of carbonyl (C=O) groups is 2. The first-order valence-electron chi connectivity index (χ1n) is 11.7. The molecule has 4 rings (SSSR count). The number of hydrogen-bond acceptors (Lipinski definition) is 6. The van der Waals surface area contributed by atoms with Crippen molar-refractivity contribution in [2.75, 3.05) is 32.9 Å². The number of rotatable bonds is 8. The van der Waals surface area contributed by atoms with Crippen LogP contribution in [0.15, 0.2) is 36.5 Å². The van der Waals surface area contributed by atoms with Crippen molar-refractivity contribution in [2.45, 2.75) is 33.0 Å². The summed E-state index contributed by atoms with van der Waals surface area (Å²) in [7, 11) is 0. The van der Waals surface area contributed by atoms with Crippen LogP contribution < -0.4 is 4.74 Å². The van der Waals surface area contributed by atoms with Crippen molar-refractivity contribution < 1.29 is 32.2 Å². The second-order valence-corrected chi connectivity index (χ2v) is 9.05. The van der Waals surface area contributed by atoms with Gasteiger partial charge in [-0.1, -0.05) is 19.9 Å². The zero-order valence-corrected chi connectivity index (χ0v) is 20.0. The van der Waals surface area contributed by atoms with Crippen LogP contribution >= 0.6 is 0 Å². The lowest BCUT2D eigenvalue weighted by Gasteiger charge is -2.26. The minimum Gasteiger partial charge on any atom is -0.493 e. The first-order chi connectivity index (χ1) is 17.1. The molecular weight excluding hydrogens is 477 g/mol. The second-order valence-electron chi connectivity index (χ2n) is 9.05. The Kier molecular flexibility index (Phi) is 7.58. The maximum atomic E-state index is 13.0. The molecule has 0 aliphatic carbocycles. The normalized spacial score (nSPS) is 14.4. The highest BCUT2D eigenvalue weighted by Crippen LogP contribution is 2.29. The van der Waals surface area contributed by atoms with Crippen LogP contribution in [0.4, 0.5) is 13.2 Å². The van der Waals surface area contributed by atoms with Crippen molar-refractivity contribution in [2.24, 2.45) is 5.92 Å². The van der Waals surface area contributed by atoms with Gasteiger partial charge in [0.1, 0.15) is 23.7 Å². The predicted octanol–water partition coefficient (Wildman–Crippen LogP) is 3.77. The Morgan fingerprint density at radius 3 is 2.61 bits per heavy atom. The van der Waals surface area contributed by atoms with Gasteiger partial charge in [-0.3, -0.25) is 14.3 Å². The molecule has 3 aromatic rings. The maximum absolute atomic E-state index is 13.0. The summed E-state index contributed by atoms with van der Waals surface area (Å²) in [4.78, 5) is 30.7. The molecular formula is C25H27F3N4O4. The van der Waals surface area contributed by atoms with E-state index >= 15 is 0 Å². The van der Waals surface area contributed by atoms with Gasteiger partial charge in [0.25, 0.3) is 0 Å². The van der Waals surface area contributed by atoms with Gasteiger partial charge in [-0.2, -0.15) is 18.3 Å². The van der Waals surface area contributed by atoms with E-state index in [1.807, 2.05) is 13.8 Å². The molecule has 0 bridgehead atoms. The van der Waals surface area contributed by atoms with Crippen molar-refractivity contribution in [1.29, 1.82) is 0 Å². The minimum absolute atomic E-state index is 0.0548. The highest BCUT2D eigenvalue weighted by atomic mass is 19.4. The van der Waals surface area contributed by atoms with Crippen LogP contribution in [0.2, 0.25) is 0 Å². The number of morpholine rings is 1. The Balaban J connectivity index is 1.60. The number of nitrogens with zero attached hydrogens (tertiary/aromatic N) is 4. The van der Waals surface area contributed by atoms with E-state index in [9.17, 15) is 22.8 Å². The third-order valence-electron chi connectivity index (χ3n) is 5.64. The van der Waals surface area contributed by atoms with Crippen molar-refractivity contribution in [1.82, 2.24) is 19.7 Å². The fourth-order valence-corrected chi connectivity index (χ4v) is 3.82. The first kappa shape index (κ1) is 25.6. The van der Waals surface area contributed by atoms with Gasteiger partial charge in [-0.25, -0.2) is 4.98 Å². The molecule has 0 atom stereocenters. The summed E-state index contributed by atoms with van der Waals surface area (Å²) in [6.45, 7) is 6.45. The number of amides is 1. The van der Waals surface area contributed by atoms with Gasteiger partial charge in [0.2, 0.25) is 5.91 Å². The van der Waals surface area contributed by atoms with Crippen molar-refractivity contribution in [3.8, 4) is 5.75 Å². The molecule has 0 spiro atoms. The zero-order chi connectivity index (χ0) is 25.9. The number of benzene rings is 1. The topological polar surface area (TPSA) is 86.5 Å². The lowest BCUT2D eigenvalue weighted by atomic mass is 10.0. The third kappa shape index (κ3) is 6.20. The van der Waals surface area contributed by atoms with Gasteiger partial charge in [0.15, 0.2) is 5.78 Å². The van der Waals surface area contributed by atoms with E-state index in [4.69, 9.17) is 9.47 Å². The molecule has 1 saturated heterocycles. The van der Waals surface area contributed by atoms with E-state index in [-0.39, 0.29) is 30.5 Å². The largest absolute Gasteiger partial charge is 0.493 e. The summed E-state index contributed by atoms with van der Waals surface area (Å²) >= 11 is 0. The number of ketones is 1. The lowest BCUT2D eigenvalue weighted by molar-refractivity contribution is -0.141. The molecule has 1 fully saturated rings. The minimum atomic E-state index is -4.64. The van der Waals surface area contributed by atoms with Gasteiger partial charge in [0, 0.05) is 42.7 Å². The van der Waals surface area contributed by atoms with Crippen molar-refractivity contribution in [3.63, 3.8) is 0 Å². The standard InChI is InChI=1S/C25H27F3N4O4/c1-16(2)15-36-22-12-20-18(13-32(30-20)14-24(34)31-6-8-35-9-7-31)10-17(22)11-21(33)19-4-3-5-23(29-19)25(26,27)28/h3-5,10,12-13,16H,6-9,11,14-15H2,1-2H3. The van der Waals surface area contributed by atoms with E-state index in [1.54, 1.807) is 23.2 Å². The molecule has 8 nitrogen and oxygen atoms in total.